The zero-order valence-electron chi connectivity index (χ0n) is 14.6. The quantitative estimate of drug-likeness (QED) is 0.792. The fraction of sp³-hybridized carbons (Fsp3) is 0.278. The van der Waals surface area contributed by atoms with Gasteiger partial charge in [0.15, 0.2) is 23.0 Å². The van der Waals surface area contributed by atoms with Gasteiger partial charge in [-0.25, -0.2) is 0 Å². The van der Waals surface area contributed by atoms with Crippen LogP contribution < -0.4 is 29.0 Å². The lowest BCUT2D eigenvalue weighted by Crippen LogP contribution is -2.17. The van der Waals surface area contributed by atoms with E-state index in [1.54, 1.807) is 24.3 Å². The van der Waals surface area contributed by atoms with Crippen LogP contribution in [0.5, 0.6) is 28.7 Å². The fourth-order valence-electron chi connectivity index (χ4n) is 2.61. The molecule has 1 aliphatic rings. The molecule has 0 aliphatic carbocycles. The number of anilines is 1. The fourth-order valence-corrected chi connectivity index (χ4v) is 3.24. The first-order valence-corrected chi connectivity index (χ1v) is 8.57. The molecule has 8 heteroatoms. The molecule has 0 saturated heterocycles. The summed E-state index contributed by atoms with van der Waals surface area (Å²) in [6, 6.07) is 6.81. The van der Waals surface area contributed by atoms with Crippen molar-refractivity contribution in [2.24, 2.45) is 0 Å². The Morgan fingerprint density at radius 3 is 2.35 bits per heavy atom. The summed E-state index contributed by atoms with van der Waals surface area (Å²) in [5, 5.41) is 2.83. The Morgan fingerprint density at radius 2 is 1.69 bits per heavy atom. The third-order valence-corrected chi connectivity index (χ3v) is 4.60. The van der Waals surface area contributed by atoms with Crippen molar-refractivity contribution in [3.8, 4) is 28.7 Å². The van der Waals surface area contributed by atoms with Crippen molar-refractivity contribution in [1.29, 1.82) is 0 Å². The van der Waals surface area contributed by atoms with Crippen LogP contribution in [0.15, 0.2) is 28.7 Å². The lowest BCUT2D eigenvalue weighted by Gasteiger charge is -2.19. The van der Waals surface area contributed by atoms with Crippen molar-refractivity contribution in [3.63, 3.8) is 0 Å². The van der Waals surface area contributed by atoms with E-state index in [1.165, 1.54) is 21.3 Å². The molecule has 0 radical (unpaired) electrons. The molecular formula is C18H18BrNO6. The maximum atomic E-state index is 12.8. The molecule has 3 rings (SSSR count). The van der Waals surface area contributed by atoms with Gasteiger partial charge in [-0.3, -0.25) is 4.79 Å². The van der Waals surface area contributed by atoms with Crippen molar-refractivity contribution in [2.45, 2.75) is 0 Å². The molecular weight excluding hydrogens is 406 g/mol. The molecule has 1 aliphatic heterocycles. The van der Waals surface area contributed by atoms with Crippen molar-refractivity contribution < 1.29 is 28.5 Å². The highest BCUT2D eigenvalue weighted by Gasteiger charge is 2.23. The zero-order valence-corrected chi connectivity index (χ0v) is 16.1. The number of carbonyl (C=O) groups is 1. The second-order valence-corrected chi connectivity index (χ2v) is 6.11. The van der Waals surface area contributed by atoms with Crippen LogP contribution >= 0.6 is 15.9 Å². The molecule has 0 saturated carbocycles. The van der Waals surface area contributed by atoms with Gasteiger partial charge in [-0.05, 0) is 34.1 Å². The molecule has 0 spiro atoms. The number of hydrogen-bond acceptors (Lipinski definition) is 6. The molecule has 0 atom stereocenters. The van der Waals surface area contributed by atoms with E-state index in [9.17, 15) is 4.79 Å². The number of halogens is 1. The van der Waals surface area contributed by atoms with Gasteiger partial charge in [-0.15, -0.1) is 0 Å². The molecule has 2 aromatic carbocycles. The van der Waals surface area contributed by atoms with Crippen LogP contribution in [0.25, 0.3) is 0 Å². The lowest BCUT2D eigenvalue weighted by molar-refractivity contribution is 0.102. The maximum absolute atomic E-state index is 12.8. The molecule has 26 heavy (non-hydrogen) atoms. The Bertz CT molecular complexity index is 839. The Hall–Kier alpha value is -2.61. The largest absolute Gasteiger partial charge is 0.493 e. The number of nitrogens with one attached hydrogen (secondary N) is 1. The Balaban J connectivity index is 1.92. The molecule has 138 valence electrons. The minimum Gasteiger partial charge on any atom is -0.493 e. The molecule has 0 unspecified atom stereocenters. The highest BCUT2D eigenvalue weighted by atomic mass is 79.9. The van der Waals surface area contributed by atoms with E-state index >= 15 is 0 Å². The smallest absolute Gasteiger partial charge is 0.257 e. The standard InChI is InChI=1S/C18H18BrNO6/c1-22-14-9-11(15(19)17(24-3)16(14)23-2)18(21)20-10-4-5-12-13(8-10)26-7-6-25-12/h4-5,8-9H,6-7H2,1-3H3,(H,20,21). The second kappa shape index (κ2) is 7.74. The van der Waals surface area contributed by atoms with Gasteiger partial charge in [0.1, 0.15) is 13.2 Å². The normalized spacial score (nSPS) is 12.3. The van der Waals surface area contributed by atoms with E-state index in [-0.39, 0.29) is 5.91 Å². The second-order valence-electron chi connectivity index (χ2n) is 5.32. The Kier molecular flexibility index (Phi) is 5.41. The third-order valence-electron chi connectivity index (χ3n) is 3.81. The predicted molar refractivity (Wildman–Crippen MR) is 99.2 cm³/mol. The first kappa shape index (κ1) is 18.2. The SMILES string of the molecule is COc1cc(C(=O)Nc2ccc3c(c2)OCCO3)c(Br)c(OC)c1OC. The van der Waals surface area contributed by atoms with Crippen LogP contribution in [0.3, 0.4) is 0 Å². The Morgan fingerprint density at radius 1 is 1.00 bits per heavy atom. The van der Waals surface area contributed by atoms with Crippen molar-refractivity contribution >= 4 is 27.5 Å². The van der Waals surface area contributed by atoms with Crippen LogP contribution in [-0.4, -0.2) is 40.5 Å². The summed E-state index contributed by atoms with van der Waals surface area (Å²) in [6.07, 6.45) is 0. The number of rotatable bonds is 5. The van der Waals surface area contributed by atoms with E-state index in [4.69, 9.17) is 23.7 Å². The molecule has 1 N–H and O–H groups in total. The number of carbonyl (C=O) groups excluding carboxylic acids is 1. The van der Waals surface area contributed by atoms with Crippen molar-refractivity contribution in [3.05, 3.63) is 34.3 Å². The highest BCUT2D eigenvalue weighted by Crippen LogP contribution is 2.45. The number of ether oxygens (including phenoxy) is 5. The van der Waals surface area contributed by atoms with Crippen LogP contribution in [-0.2, 0) is 0 Å². The average molecular weight is 424 g/mol. The van der Waals surface area contributed by atoms with Gasteiger partial charge >= 0.3 is 0 Å². The summed E-state index contributed by atoms with van der Waals surface area (Å²) in [6.45, 7) is 0.986. The first-order valence-electron chi connectivity index (χ1n) is 7.78. The van der Waals surface area contributed by atoms with Crippen LogP contribution in [0, 0.1) is 0 Å². The summed E-state index contributed by atoms with van der Waals surface area (Å²) in [7, 11) is 4.49. The molecule has 0 fully saturated rings. The lowest BCUT2D eigenvalue weighted by atomic mass is 10.1. The number of fused-ring (bicyclic) bond motifs is 1. The monoisotopic (exact) mass is 423 g/mol. The summed E-state index contributed by atoms with van der Waals surface area (Å²) in [5.74, 6) is 2.07. The topological polar surface area (TPSA) is 75.3 Å². The van der Waals surface area contributed by atoms with Gasteiger partial charge in [0, 0.05) is 11.8 Å². The van der Waals surface area contributed by atoms with E-state index in [2.05, 4.69) is 21.2 Å². The van der Waals surface area contributed by atoms with Gasteiger partial charge in [0.2, 0.25) is 5.75 Å². The van der Waals surface area contributed by atoms with Gasteiger partial charge in [-0.2, -0.15) is 0 Å². The highest BCUT2D eigenvalue weighted by molar-refractivity contribution is 9.10. The van der Waals surface area contributed by atoms with Crippen LogP contribution in [0.2, 0.25) is 0 Å². The molecule has 1 amide bonds. The van der Waals surface area contributed by atoms with Gasteiger partial charge in [0.05, 0.1) is 31.4 Å². The number of amides is 1. The van der Waals surface area contributed by atoms with E-state index in [1.807, 2.05) is 0 Å². The summed E-state index contributed by atoms with van der Waals surface area (Å²) < 4.78 is 27.5. The molecule has 2 aromatic rings. The van der Waals surface area contributed by atoms with Crippen molar-refractivity contribution in [2.75, 3.05) is 39.9 Å². The molecule has 0 aromatic heterocycles. The number of methoxy groups -OCH3 is 3. The van der Waals surface area contributed by atoms with E-state index in [0.717, 1.165) is 0 Å². The third kappa shape index (κ3) is 3.37. The average Bonchev–Trinajstić information content (AvgIpc) is 2.67. The number of benzene rings is 2. The summed E-state index contributed by atoms with van der Waals surface area (Å²) >= 11 is 3.40. The van der Waals surface area contributed by atoms with Gasteiger partial charge < -0.3 is 29.0 Å². The minimum absolute atomic E-state index is 0.340. The summed E-state index contributed by atoms with van der Waals surface area (Å²) in [4.78, 5) is 12.8. The number of hydrogen-bond donors (Lipinski definition) is 1. The molecule has 0 bridgehead atoms. The maximum Gasteiger partial charge on any atom is 0.257 e. The molecule has 7 nitrogen and oxygen atoms in total. The molecule has 1 heterocycles. The van der Waals surface area contributed by atoms with Gasteiger partial charge in [-0.1, -0.05) is 0 Å². The van der Waals surface area contributed by atoms with Crippen molar-refractivity contribution in [1.82, 2.24) is 0 Å². The minimum atomic E-state index is -0.340. The predicted octanol–water partition coefficient (Wildman–Crippen LogP) is 3.50. The zero-order chi connectivity index (χ0) is 18.7. The van der Waals surface area contributed by atoms with Crippen LogP contribution in [0.4, 0.5) is 5.69 Å². The van der Waals surface area contributed by atoms with E-state index in [0.29, 0.717) is 57.7 Å². The summed E-state index contributed by atoms with van der Waals surface area (Å²) in [5.41, 5.74) is 0.925. The van der Waals surface area contributed by atoms with Crippen LogP contribution in [0.1, 0.15) is 10.4 Å². The van der Waals surface area contributed by atoms with Gasteiger partial charge in [0.25, 0.3) is 5.91 Å². The Labute approximate surface area is 159 Å². The first-order chi connectivity index (χ1) is 12.6. The van der Waals surface area contributed by atoms with E-state index < -0.39 is 0 Å².